The second-order valence-corrected chi connectivity index (χ2v) is 23.4. The number of hydrogen-bond donors (Lipinski definition) is 0. The van der Waals surface area contributed by atoms with Crippen molar-refractivity contribution in [1.82, 2.24) is 0 Å². The van der Waals surface area contributed by atoms with Gasteiger partial charge in [0, 0.05) is 60.7 Å². The fraction of sp³-hybridized carbons (Fsp3) is 0.0488. The molecule has 17 rings (SSSR count). The van der Waals surface area contributed by atoms with E-state index in [0.29, 0.717) is 0 Å². The molecule has 0 saturated heterocycles. The Labute approximate surface area is 494 Å². The predicted octanol–water partition coefficient (Wildman–Crippen LogP) is 22.3. The lowest BCUT2D eigenvalue weighted by Gasteiger charge is -2.34. The van der Waals surface area contributed by atoms with Crippen molar-refractivity contribution in [2.75, 3.05) is 4.90 Å². The molecular formula is C82H55NO2. The van der Waals surface area contributed by atoms with Crippen molar-refractivity contribution in [3.05, 3.63) is 331 Å². The summed E-state index contributed by atoms with van der Waals surface area (Å²) in [5.41, 5.74) is 27.9. The topological polar surface area (TPSA) is 29.5 Å². The lowest BCUT2D eigenvalue weighted by Crippen LogP contribution is -2.28. The number of anilines is 3. The van der Waals surface area contributed by atoms with Crippen LogP contribution in [0.1, 0.15) is 47.2 Å². The van der Waals surface area contributed by atoms with Crippen LogP contribution in [-0.2, 0) is 10.8 Å². The van der Waals surface area contributed by atoms with Gasteiger partial charge in [0.05, 0.1) is 5.41 Å². The van der Waals surface area contributed by atoms with E-state index >= 15 is 0 Å². The maximum atomic E-state index is 7.16. The largest absolute Gasteiger partial charge is 0.455 e. The Kier molecular flexibility index (Phi) is 10.9. The average Bonchev–Trinajstić information content (AvgIpc) is 2.16. The van der Waals surface area contributed by atoms with Gasteiger partial charge in [-0.2, -0.15) is 0 Å². The third kappa shape index (κ3) is 7.40. The Morgan fingerprint density at radius 1 is 0.259 bits per heavy atom. The van der Waals surface area contributed by atoms with Crippen molar-refractivity contribution in [3.63, 3.8) is 0 Å². The summed E-state index contributed by atoms with van der Waals surface area (Å²) in [6, 6.07) is 109. The van der Waals surface area contributed by atoms with Gasteiger partial charge < -0.3 is 13.7 Å². The molecule has 2 aliphatic carbocycles. The van der Waals surface area contributed by atoms with Crippen LogP contribution in [0.4, 0.5) is 17.1 Å². The third-order valence-corrected chi connectivity index (χ3v) is 18.6. The van der Waals surface area contributed by atoms with Gasteiger partial charge in [-0.15, -0.1) is 0 Å². The molecule has 15 aromatic rings. The van der Waals surface area contributed by atoms with Crippen molar-refractivity contribution in [3.8, 4) is 66.8 Å². The molecule has 0 saturated carbocycles. The second-order valence-electron chi connectivity index (χ2n) is 23.4. The van der Waals surface area contributed by atoms with Crippen LogP contribution in [0.3, 0.4) is 0 Å². The second kappa shape index (κ2) is 18.9. The van der Waals surface area contributed by atoms with Gasteiger partial charge in [0.15, 0.2) is 0 Å². The van der Waals surface area contributed by atoms with E-state index in [1.807, 2.05) is 6.07 Å². The van der Waals surface area contributed by atoms with Gasteiger partial charge in [-0.1, -0.05) is 269 Å². The number of para-hydroxylation sites is 4. The van der Waals surface area contributed by atoms with Gasteiger partial charge >= 0.3 is 0 Å². The normalized spacial score (nSPS) is 13.5. The van der Waals surface area contributed by atoms with Gasteiger partial charge in [0.2, 0.25) is 0 Å². The molecule has 0 bridgehead atoms. The molecule has 0 aliphatic heterocycles. The maximum absolute atomic E-state index is 7.16. The molecule has 0 spiro atoms. The summed E-state index contributed by atoms with van der Waals surface area (Å²) < 4.78 is 13.7. The Morgan fingerprint density at radius 2 is 0.635 bits per heavy atom. The fourth-order valence-electron chi connectivity index (χ4n) is 14.6. The van der Waals surface area contributed by atoms with Crippen LogP contribution < -0.4 is 4.90 Å². The van der Waals surface area contributed by atoms with Crippen molar-refractivity contribution in [1.29, 1.82) is 0 Å². The first-order valence-electron chi connectivity index (χ1n) is 29.5. The highest BCUT2D eigenvalue weighted by Gasteiger charge is 2.46. The highest BCUT2D eigenvalue weighted by Crippen LogP contribution is 2.57. The summed E-state index contributed by atoms with van der Waals surface area (Å²) in [5, 5.41) is 4.45. The quantitative estimate of drug-likeness (QED) is 0.144. The molecule has 85 heavy (non-hydrogen) atoms. The molecule has 2 aromatic heterocycles. The lowest BCUT2D eigenvalue weighted by molar-refractivity contribution is 0.660. The highest BCUT2D eigenvalue weighted by molar-refractivity contribution is 6.13. The number of furan rings is 2. The smallest absolute Gasteiger partial charge is 0.143 e. The minimum atomic E-state index is -0.569. The number of rotatable bonds is 9. The zero-order valence-corrected chi connectivity index (χ0v) is 47.1. The van der Waals surface area contributed by atoms with Gasteiger partial charge in [-0.05, 0) is 126 Å². The summed E-state index contributed by atoms with van der Waals surface area (Å²) in [5.74, 6) is 0. The lowest BCUT2D eigenvalue weighted by atomic mass is 9.67. The number of fused-ring (bicyclic) bond motifs is 12. The zero-order valence-electron chi connectivity index (χ0n) is 47.1. The monoisotopic (exact) mass is 1090 g/mol. The predicted molar refractivity (Wildman–Crippen MR) is 352 cm³/mol. The van der Waals surface area contributed by atoms with E-state index in [-0.39, 0.29) is 5.41 Å². The van der Waals surface area contributed by atoms with Crippen LogP contribution in [0.5, 0.6) is 0 Å². The summed E-state index contributed by atoms with van der Waals surface area (Å²) in [6.45, 7) is 4.70. The molecule has 2 aliphatic rings. The molecule has 0 amide bonds. The first kappa shape index (κ1) is 48.9. The van der Waals surface area contributed by atoms with E-state index in [1.165, 1.54) is 66.8 Å². The van der Waals surface area contributed by atoms with E-state index in [9.17, 15) is 0 Å². The molecule has 0 N–H and O–H groups in total. The number of nitrogens with zero attached hydrogens (tertiary/aromatic N) is 1. The molecule has 3 heteroatoms. The summed E-state index contributed by atoms with van der Waals surface area (Å²) in [7, 11) is 0. The zero-order chi connectivity index (χ0) is 56.4. The van der Waals surface area contributed by atoms with Crippen LogP contribution in [0.25, 0.3) is 111 Å². The number of hydrogen-bond acceptors (Lipinski definition) is 3. The Hall–Kier alpha value is -10.7. The average molecular weight is 1090 g/mol. The maximum Gasteiger partial charge on any atom is 0.143 e. The first-order valence-corrected chi connectivity index (χ1v) is 29.5. The molecule has 2 heterocycles. The van der Waals surface area contributed by atoms with Crippen molar-refractivity contribution >= 4 is 60.9 Å². The standard InChI is InChI=1S/C82H55NO2/c1-81(2)73-29-10-6-19-65(73)68-50-49-61(51-76(68)81)83(59-45-37-53(38-46-59)52-17-4-3-5-18-52)60-47-39-56(40-48-60)64-25-16-28-72-71-27-15-24-63(79(71)85-80(64)72)55-35-43-58(44-36-55)82(74-30-11-7-20-66(74)67-21-8-12-31-75(67)82)57-41-33-54(34-42-57)62-23-14-26-70-69-22-9-13-32-77(69)84-78(62)70/h3-51H,1-2H3. The molecule has 0 radical (unpaired) electrons. The first-order chi connectivity index (χ1) is 41.9. The van der Waals surface area contributed by atoms with Crippen molar-refractivity contribution in [2.45, 2.75) is 24.7 Å². The molecular weight excluding hydrogens is 1030 g/mol. The Morgan fingerprint density at radius 3 is 1.19 bits per heavy atom. The van der Waals surface area contributed by atoms with Crippen LogP contribution >= 0.6 is 0 Å². The molecule has 0 fully saturated rings. The van der Waals surface area contributed by atoms with Crippen LogP contribution in [0, 0.1) is 0 Å². The van der Waals surface area contributed by atoms with Crippen LogP contribution in [-0.4, -0.2) is 0 Å². The van der Waals surface area contributed by atoms with Crippen molar-refractivity contribution < 1.29 is 8.83 Å². The minimum absolute atomic E-state index is 0.134. The molecule has 3 nitrogen and oxygen atoms in total. The van der Waals surface area contributed by atoms with E-state index in [2.05, 4.69) is 310 Å². The Bertz CT molecular complexity index is 5080. The summed E-state index contributed by atoms with van der Waals surface area (Å²) in [6.07, 6.45) is 0. The van der Waals surface area contributed by atoms with Gasteiger partial charge in [-0.25, -0.2) is 0 Å². The van der Waals surface area contributed by atoms with E-state index in [1.54, 1.807) is 0 Å². The van der Waals surface area contributed by atoms with Crippen LogP contribution in [0.15, 0.2) is 306 Å². The van der Waals surface area contributed by atoms with E-state index < -0.39 is 5.41 Å². The van der Waals surface area contributed by atoms with Crippen LogP contribution in [0.2, 0.25) is 0 Å². The summed E-state index contributed by atoms with van der Waals surface area (Å²) in [4.78, 5) is 2.39. The molecule has 400 valence electrons. The number of benzene rings is 13. The molecule has 13 aromatic carbocycles. The van der Waals surface area contributed by atoms with Gasteiger partial charge in [0.25, 0.3) is 0 Å². The van der Waals surface area contributed by atoms with E-state index in [4.69, 9.17) is 8.83 Å². The Balaban J connectivity index is 0.739. The van der Waals surface area contributed by atoms with Gasteiger partial charge in [-0.3, -0.25) is 0 Å². The third-order valence-electron chi connectivity index (χ3n) is 18.6. The minimum Gasteiger partial charge on any atom is -0.455 e. The van der Waals surface area contributed by atoms with Crippen molar-refractivity contribution in [2.24, 2.45) is 0 Å². The highest BCUT2D eigenvalue weighted by atomic mass is 16.3. The summed E-state index contributed by atoms with van der Waals surface area (Å²) >= 11 is 0. The molecule has 0 atom stereocenters. The van der Waals surface area contributed by atoms with E-state index in [0.717, 1.165) is 94.3 Å². The molecule has 0 unspecified atom stereocenters. The van der Waals surface area contributed by atoms with Gasteiger partial charge in [0.1, 0.15) is 22.3 Å². The fourth-order valence-corrected chi connectivity index (χ4v) is 14.6. The SMILES string of the molecule is CC1(C)c2ccccc2-c2ccc(N(c3ccc(-c4ccccc4)cc3)c3ccc(-c4cccc5c4oc4c(-c6ccc(C7(c8ccc(-c9cccc%10c9oc9ccccc9%10)cc8)c8ccccc8-c8ccccc87)cc6)cccc45)cc3)cc21.